The molecule has 23 heavy (non-hydrogen) atoms. The van der Waals surface area contributed by atoms with Gasteiger partial charge in [-0.25, -0.2) is 4.98 Å². The predicted molar refractivity (Wildman–Crippen MR) is 99.9 cm³/mol. The Balaban J connectivity index is 0.00000484. The van der Waals surface area contributed by atoms with Gasteiger partial charge < -0.3 is 10.6 Å². The molecule has 9 heteroatoms. The summed E-state index contributed by atoms with van der Waals surface area (Å²) in [5.41, 5.74) is 0. The molecule has 0 aliphatic rings. The lowest BCUT2D eigenvalue weighted by Crippen LogP contribution is -2.38. The van der Waals surface area contributed by atoms with Crippen molar-refractivity contribution in [1.82, 2.24) is 15.6 Å². The second kappa shape index (κ2) is 11.9. The quantitative estimate of drug-likeness (QED) is 0.267. The summed E-state index contributed by atoms with van der Waals surface area (Å²) in [7, 11) is 1.64. The lowest BCUT2D eigenvalue weighted by molar-refractivity contribution is -0.135. The van der Waals surface area contributed by atoms with E-state index in [4.69, 9.17) is 0 Å². The molecular formula is C14H24F3IN4S. The average molecular weight is 464 g/mol. The van der Waals surface area contributed by atoms with E-state index < -0.39 is 12.6 Å². The molecule has 0 fully saturated rings. The van der Waals surface area contributed by atoms with Gasteiger partial charge in [-0.05, 0) is 19.3 Å². The standard InChI is InChI=1S/C14H23F3N4S.HI/c1-3-11-10-21-12(22-11)6-9-20-13(18-2)19-8-5-4-7-14(15,16)17;/h10H,3-9H2,1-2H3,(H2,18,19,20);1H. The van der Waals surface area contributed by atoms with Gasteiger partial charge in [0, 0.05) is 44.1 Å². The van der Waals surface area contributed by atoms with E-state index in [0.717, 1.165) is 17.8 Å². The first-order valence-corrected chi connectivity index (χ1v) is 8.21. The Labute approximate surface area is 156 Å². The Morgan fingerprint density at radius 3 is 2.52 bits per heavy atom. The smallest absolute Gasteiger partial charge is 0.356 e. The fourth-order valence-electron chi connectivity index (χ4n) is 1.79. The fraction of sp³-hybridized carbons (Fsp3) is 0.714. The number of thiazole rings is 1. The largest absolute Gasteiger partial charge is 0.389 e. The van der Waals surface area contributed by atoms with Crippen LogP contribution in [0, 0.1) is 0 Å². The highest BCUT2D eigenvalue weighted by molar-refractivity contribution is 14.0. The summed E-state index contributed by atoms with van der Waals surface area (Å²) in [6.07, 6.45) is -0.506. The molecule has 1 aromatic rings. The molecule has 1 rings (SSSR count). The van der Waals surface area contributed by atoms with Gasteiger partial charge in [0.2, 0.25) is 0 Å². The van der Waals surface area contributed by atoms with Crippen molar-refractivity contribution in [2.75, 3.05) is 20.1 Å². The molecule has 1 heterocycles. The first-order valence-electron chi connectivity index (χ1n) is 7.39. The van der Waals surface area contributed by atoms with Gasteiger partial charge in [-0.2, -0.15) is 13.2 Å². The Morgan fingerprint density at radius 2 is 1.96 bits per heavy atom. The second-order valence-corrected chi connectivity index (χ2v) is 6.02. The van der Waals surface area contributed by atoms with Crippen molar-refractivity contribution in [3.05, 3.63) is 16.1 Å². The zero-order valence-corrected chi connectivity index (χ0v) is 16.5. The molecule has 134 valence electrons. The van der Waals surface area contributed by atoms with Gasteiger partial charge in [0.05, 0.1) is 5.01 Å². The lowest BCUT2D eigenvalue weighted by Gasteiger charge is -2.11. The van der Waals surface area contributed by atoms with Crippen molar-refractivity contribution < 1.29 is 13.2 Å². The van der Waals surface area contributed by atoms with Crippen molar-refractivity contribution in [3.63, 3.8) is 0 Å². The van der Waals surface area contributed by atoms with Crippen LogP contribution in [0.15, 0.2) is 11.2 Å². The summed E-state index contributed by atoms with van der Waals surface area (Å²) >= 11 is 1.70. The van der Waals surface area contributed by atoms with E-state index in [9.17, 15) is 13.2 Å². The molecular weight excluding hydrogens is 440 g/mol. The molecule has 0 amide bonds. The van der Waals surface area contributed by atoms with Gasteiger partial charge in [0.25, 0.3) is 0 Å². The van der Waals surface area contributed by atoms with Gasteiger partial charge in [-0.1, -0.05) is 6.92 Å². The Bertz CT molecular complexity index is 463. The molecule has 0 aliphatic carbocycles. The SMILES string of the molecule is CCc1cnc(CCNC(=NC)NCCCCC(F)(F)F)s1.I. The topological polar surface area (TPSA) is 49.3 Å². The van der Waals surface area contributed by atoms with Crippen LogP contribution in [0.2, 0.25) is 0 Å². The van der Waals surface area contributed by atoms with Crippen LogP contribution in [0.25, 0.3) is 0 Å². The lowest BCUT2D eigenvalue weighted by atomic mass is 10.2. The molecule has 0 unspecified atom stereocenters. The zero-order valence-electron chi connectivity index (χ0n) is 13.4. The number of alkyl halides is 3. The molecule has 1 aromatic heterocycles. The highest BCUT2D eigenvalue weighted by Crippen LogP contribution is 2.21. The van der Waals surface area contributed by atoms with E-state index >= 15 is 0 Å². The molecule has 0 saturated heterocycles. The molecule has 0 bridgehead atoms. The summed E-state index contributed by atoms with van der Waals surface area (Å²) in [5, 5.41) is 7.22. The maximum atomic E-state index is 12.0. The van der Waals surface area contributed by atoms with Gasteiger partial charge in [0.1, 0.15) is 0 Å². The number of nitrogens with zero attached hydrogens (tertiary/aromatic N) is 2. The molecule has 0 aromatic carbocycles. The minimum absolute atomic E-state index is 0. The van der Waals surface area contributed by atoms with Crippen molar-refractivity contribution in [2.24, 2.45) is 4.99 Å². The molecule has 4 nitrogen and oxygen atoms in total. The van der Waals surface area contributed by atoms with Crippen molar-refractivity contribution >= 4 is 41.3 Å². The summed E-state index contributed by atoms with van der Waals surface area (Å²) in [5.74, 6) is 0.610. The number of hydrogen-bond donors (Lipinski definition) is 2. The number of nitrogens with one attached hydrogen (secondary N) is 2. The maximum Gasteiger partial charge on any atom is 0.389 e. The van der Waals surface area contributed by atoms with Crippen molar-refractivity contribution in [1.29, 1.82) is 0 Å². The molecule has 0 aliphatic heterocycles. The number of aliphatic imine (C=N–C) groups is 1. The first-order chi connectivity index (χ1) is 10.4. The monoisotopic (exact) mass is 464 g/mol. The molecule has 0 atom stereocenters. The molecule has 0 radical (unpaired) electrons. The number of unbranched alkanes of at least 4 members (excludes halogenated alkanes) is 1. The Hall–Kier alpha value is -0.580. The van der Waals surface area contributed by atoms with Crippen molar-refractivity contribution in [3.8, 4) is 0 Å². The van der Waals surface area contributed by atoms with Crippen LogP contribution in [0.4, 0.5) is 13.2 Å². The van der Waals surface area contributed by atoms with Crippen LogP contribution in [-0.2, 0) is 12.8 Å². The molecule has 2 N–H and O–H groups in total. The predicted octanol–water partition coefficient (Wildman–Crippen LogP) is 3.76. The van der Waals surface area contributed by atoms with Gasteiger partial charge >= 0.3 is 6.18 Å². The number of rotatable bonds is 8. The highest BCUT2D eigenvalue weighted by atomic mass is 127. The Morgan fingerprint density at radius 1 is 1.26 bits per heavy atom. The van der Waals surface area contributed by atoms with Crippen LogP contribution in [0.3, 0.4) is 0 Å². The van der Waals surface area contributed by atoms with E-state index in [1.807, 2.05) is 6.20 Å². The average Bonchev–Trinajstić information content (AvgIpc) is 2.92. The second-order valence-electron chi connectivity index (χ2n) is 4.82. The first kappa shape index (κ1) is 22.4. The van der Waals surface area contributed by atoms with E-state index in [0.29, 0.717) is 25.5 Å². The third-order valence-electron chi connectivity index (χ3n) is 2.98. The van der Waals surface area contributed by atoms with E-state index in [1.165, 1.54) is 4.88 Å². The molecule has 0 saturated carbocycles. The van der Waals surface area contributed by atoms with Crippen molar-refractivity contribution in [2.45, 2.75) is 45.2 Å². The zero-order chi connectivity index (χ0) is 16.4. The van der Waals surface area contributed by atoms with Crippen LogP contribution in [-0.4, -0.2) is 37.3 Å². The van der Waals surface area contributed by atoms with E-state index in [2.05, 4.69) is 27.5 Å². The van der Waals surface area contributed by atoms with E-state index in [1.54, 1.807) is 18.4 Å². The summed E-state index contributed by atoms with van der Waals surface area (Å²) in [6, 6.07) is 0. The minimum Gasteiger partial charge on any atom is -0.356 e. The van der Waals surface area contributed by atoms with Gasteiger partial charge in [-0.15, -0.1) is 35.3 Å². The minimum atomic E-state index is -4.06. The van der Waals surface area contributed by atoms with Gasteiger partial charge in [-0.3, -0.25) is 4.99 Å². The number of halogens is 4. The van der Waals surface area contributed by atoms with Crippen LogP contribution < -0.4 is 10.6 Å². The maximum absolute atomic E-state index is 12.0. The van der Waals surface area contributed by atoms with Crippen LogP contribution >= 0.6 is 35.3 Å². The van der Waals surface area contributed by atoms with Crippen LogP contribution in [0.5, 0.6) is 0 Å². The summed E-state index contributed by atoms with van der Waals surface area (Å²) < 4.78 is 36.0. The fourth-order valence-corrected chi connectivity index (χ4v) is 2.65. The molecule has 0 spiro atoms. The summed E-state index contributed by atoms with van der Waals surface area (Å²) in [4.78, 5) is 9.64. The number of aryl methyl sites for hydroxylation is 1. The van der Waals surface area contributed by atoms with Crippen LogP contribution in [0.1, 0.15) is 36.1 Å². The highest BCUT2D eigenvalue weighted by Gasteiger charge is 2.25. The number of guanidine groups is 1. The number of aromatic nitrogens is 1. The van der Waals surface area contributed by atoms with Gasteiger partial charge in [0.15, 0.2) is 5.96 Å². The third kappa shape index (κ3) is 10.7. The normalized spacial score (nSPS) is 12.0. The summed E-state index contributed by atoms with van der Waals surface area (Å²) in [6.45, 7) is 3.27. The van der Waals surface area contributed by atoms with E-state index in [-0.39, 0.29) is 30.4 Å². The Kier molecular flexibility index (Phi) is 11.6. The number of hydrogen-bond acceptors (Lipinski definition) is 3. The third-order valence-corrected chi connectivity index (χ3v) is 4.19.